The van der Waals surface area contributed by atoms with E-state index in [1.807, 2.05) is 67.6 Å². The van der Waals surface area contributed by atoms with Crippen molar-refractivity contribution in [3.05, 3.63) is 92.8 Å². The first-order chi connectivity index (χ1) is 16.0. The predicted molar refractivity (Wildman–Crippen MR) is 143 cm³/mol. The molecule has 0 unspecified atom stereocenters. The quantitative estimate of drug-likeness (QED) is 0.235. The third-order valence-electron chi connectivity index (χ3n) is 4.93. The third kappa shape index (κ3) is 5.49. The van der Waals surface area contributed by atoms with Crippen LogP contribution in [0.3, 0.4) is 0 Å². The molecule has 0 spiro atoms. The summed E-state index contributed by atoms with van der Waals surface area (Å²) in [4.78, 5) is 15.2. The van der Waals surface area contributed by atoms with Gasteiger partial charge < -0.3 is 9.47 Å². The van der Waals surface area contributed by atoms with E-state index < -0.39 is 0 Å². The van der Waals surface area contributed by atoms with Gasteiger partial charge in [0.25, 0.3) is 5.91 Å². The highest BCUT2D eigenvalue weighted by Crippen LogP contribution is 2.39. The van der Waals surface area contributed by atoms with Crippen LogP contribution in [0.25, 0.3) is 6.08 Å². The molecule has 0 aromatic heterocycles. The molecule has 1 fully saturated rings. The van der Waals surface area contributed by atoms with E-state index in [2.05, 4.69) is 35.0 Å². The molecule has 0 atom stereocenters. The van der Waals surface area contributed by atoms with Gasteiger partial charge in [0.05, 0.1) is 17.2 Å². The molecule has 168 valence electrons. The molecule has 0 bridgehead atoms. The van der Waals surface area contributed by atoms with Gasteiger partial charge in [-0.3, -0.25) is 9.69 Å². The third-order valence-corrected chi connectivity index (χ3v) is 6.92. The Hall–Kier alpha value is -2.61. The Morgan fingerprint density at radius 1 is 1.03 bits per heavy atom. The van der Waals surface area contributed by atoms with Gasteiger partial charge in [0.2, 0.25) is 0 Å². The zero-order chi connectivity index (χ0) is 23.4. The number of para-hydroxylation sites is 1. The first-order valence-electron chi connectivity index (χ1n) is 10.4. The number of thioether (sulfide) groups is 1. The van der Waals surface area contributed by atoms with Crippen molar-refractivity contribution in [1.29, 1.82) is 0 Å². The van der Waals surface area contributed by atoms with Crippen molar-refractivity contribution >= 4 is 61.9 Å². The summed E-state index contributed by atoms with van der Waals surface area (Å²) in [6.45, 7) is 4.92. The van der Waals surface area contributed by atoms with E-state index in [1.165, 1.54) is 17.3 Å². The molecule has 0 radical (unpaired) electrons. The van der Waals surface area contributed by atoms with Crippen LogP contribution >= 0.6 is 39.9 Å². The summed E-state index contributed by atoms with van der Waals surface area (Å²) < 4.78 is 13.2. The van der Waals surface area contributed by atoms with Gasteiger partial charge in [-0.15, -0.1) is 0 Å². The fourth-order valence-corrected chi connectivity index (χ4v) is 5.14. The highest BCUT2D eigenvalue weighted by molar-refractivity contribution is 9.10. The van der Waals surface area contributed by atoms with Gasteiger partial charge in [-0.05, 0) is 55.3 Å². The van der Waals surface area contributed by atoms with E-state index in [4.69, 9.17) is 21.7 Å². The summed E-state index contributed by atoms with van der Waals surface area (Å²) in [6, 6.07) is 21.4. The minimum atomic E-state index is -0.138. The first-order valence-corrected chi connectivity index (χ1v) is 12.5. The molecule has 33 heavy (non-hydrogen) atoms. The fraction of sp³-hybridized carbons (Fsp3) is 0.154. The van der Waals surface area contributed by atoms with Gasteiger partial charge >= 0.3 is 0 Å². The summed E-state index contributed by atoms with van der Waals surface area (Å²) in [7, 11) is 0. The van der Waals surface area contributed by atoms with E-state index in [0.717, 1.165) is 21.3 Å². The first kappa shape index (κ1) is 23.5. The predicted octanol–water partition coefficient (Wildman–Crippen LogP) is 7.14. The lowest BCUT2D eigenvalue weighted by Crippen LogP contribution is -2.27. The lowest BCUT2D eigenvalue weighted by Gasteiger charge is -2.15. The molecule has 1 aliphatic rings. The van der Waals surface area contributed by atoms with Crippen molar-refractivity contribution in [3.8, 4) is 11.5 Å². The normalized spacial score (nSPS) is 14.8. The van der Waals surface area contributed by atoms with Gasteiger partial charge in [-0.1, -0.05) is 87.9 Å². The average Bonchev–Trinajstić information content (AvgIpc) is 3.08. The number of nitrogens with zero attached hydrogens (tertiary/aromatic N) is 1. The fourth-order valence-electron chi connectivity index (χ4n) is 3.41. The van der Waals surface area contributed by atoms with Crippen LogP contribution in [0, 0.1) is 6.92 Å². The number of carbonyl (C=O) groups excluding carboxylic acids is 1. The number of amides is 1. The highest BCUT2D eigenvalue weighted by atomic mass is 79.9. The topological polar surface area (TPSA) is 38.8 Å². The van der Waals surface area contributed by atoms with Crippen molar-refractivity contribution in [2.45, 2.75) is 20.5 Å². The maximum atomic E-state index is 13.1. The van der Waals surface area contributed by atoms with Crippen LogP contribution in [0.2, 0.25) is 0 Å². The second-order valence-electron chi connectivity index (χ2n) is 7.38. The standard InChI is InChI=1S/C26H22BrNO3S2/c1-3-30-22-13-19(21(27)15-23(22)31-16-18-9-7-8-17(2)12-18)14-24-25(29)28(26(32)33-24)20-10-5-4-6-11-20/h4-15H,3,16H2,1-2H3/b24-14+. The number of thiocarbonyl (C=S) groups is 1. The van der Waals surface area contributed by atoms with Gasteiger partial charge in [-0.25, -0.2) is 0 Å². The summed E-state index contributed by atoms with van der Waals surface area (Å²) in [5, 5.41) is 0. The molecule has 0 N–H and O–H groups in total. The van der Waals surface area contributed by atoms with Crippen molar-refractivity contribution in [3.63, 3.8) is 0 Å². The van der Waals surface area contributed by atoms with Crippen LogP contribution in [0.1, 0.15) is 23.6 Å². The van der Waals surface area contributed by atoms with Crippen LogP contribution in [0.4, 0.5) is 5.69 Å². The smallest absolute Gasteiger partial charge is 0.270 e. The van der Waals surface area contributed by atoms with E-state index in [0.29, 0.717) is 33.9 Å². The Labute approximate surface area is 211 Å². The molecule has 4 nitrogen and oxygen atoms in total. The molecule has 3 aromatic rings. The zero-order valence-electron chi connectivity index (χ0n) is 18.2. The number of hydrogen-bond donors (Lipinski definition) is 0. The van der Waals surface area contributed by atoms with Crippen LogP contribution in [0.15, 0.2) is 76.1 Å². The SMILES string of the molecule is CCOc1cc(/C=C2/SC(=S)N(c3ccccc3)C2=O)c(Br)cc1OCc1cccc(C)c1. The molecule has 1 aliphatic heterocycles. The average molecular weight is 541 g/mol. The van der Waals surface area contributed by atoms with Crippen molar-refractivity contribution < 1.29 is 14.3 Å². The van der Waals surface area contributed by atoms with Crippen LogP contribution < -0.4 is 14.4 Å². The van der Waals surface area contributed by atoms with E-state index in [-0.39, 0.29) is 5.91 Å². The molecule has 0 aliphatic carbocycles. The molecular weight excluding hydrogens is 518 g/mol. The summed E-state index contributed by atoms with van der Waals surface area (Å²) >= 11 is 10.4. The number of rotatable bonds is 7. The number of benzene rings is 3. The highest BCUT2D eigenvalue weighted by Gasteiger charge is 2.33. The number of carbonyl (C=O) groups is 1. The Morgan fingerprint density at radius 2 is 1.79 bits per heavy atom. The summed E-state index contributed by atoms with van der Waals surface area (Å²) in [6.07, 6.45) is 1.83. The lowest BCUT2D eigenvalue weighted by molar-refractivity contribution is -0.113. The van der Waals surface area contributed by atoms with Gasteiger partial charge in [0.15, 0.2) is 15.8 Å². The Bertz CT molecular complexity index is 1230. The maximum absolute atomic E-state index is 13.1. The molecule has 3 aromatic carbocycles. The maximum Gasteiger partial charge on any atom is 0.270 e. The number of ether oxygens (including phenoxy) is 2. The number of halogens is 1. The van der Waals surface area contributed by atoms with Gasteiger partial charge in [-0.2, -0.15) is 0 Å². The van der Waals surface area contributed by atoms with E-state index in [1.54, 1.807) is 4.90 Å². The van der Waals surface area contributed by atoms with Crippen LogP contribution in [-0.2, 0) is 11.4 Å². The Balaban J connectivity index is 1.60. The zero-order valence-corrected chi connectivity index (χ0v) is 21.4. The molecular formula is C26H22BrNO3S2. The van der Waals surface area contributed by atoms with Crippen LogP contribution in [0.5, 0.6) is 11.5 Å². The minimum Gasteiger partial charge on any atom is -0.490 e. The van der Waals surface area contributed by atoms with Gasteiger partial charge in [0.1, 0.15) is 6.61 Å². The molecule has 1 heterocycles. The largest absolute Gasteiger partial charge is 0.490 e. The van der Waals surface area contributed by atoms with Gasteiger partial charge in [0, 0.05) is 4.47 Å². The summed E-state index contributed by atoms with van der Waals surface area (Å²) in [5.74, 6) is 1.12. The second-order valence-corrected chi connectivity index (χ2v) is 9.91. The molecule has 0 saturated carbocycles. The number of anilines is 1. The lowest BCUT2D eigenvalue weighted by atomic mass is 10.1. The van der Waals surface area contributed by atoms with Crippen molar-refractivity contribution in [2.24, 2.45) is 0 Å². The number of hydrogen-bond acceptors (Lipinski definition) is 5. The van der Waals surface area contributed by atoms with Crippen molar-refractivity contribution in [1.82, 2.24) is 0 Å². The molecule has 1 saturated heterocycles. The van der Waals surface area contributed by atoms with Crippen molar-refractivity contribution in [2.75, 3.05) is 11.5 Å². The second kappa shape index (κ2) is 10.5. The number of aryl methyl sites for hydroxylation is 1. The molecule has 7 heteroatoms. The monoisotopic (exact) mass is 539 g/mol. The molecule has 4 rings (SSSR count). The Morgan fingerprint density at radius 3 is 2.52 bits per heavy atom. The van der Waals surface area contributed by atoms with E-state index >= 15 is 0 Å². The van der Waals surface area contributed by atoms with Crippen LogP contribution in [-0.4, -0.2) is 16.8 Å². The summed E-state index contributed by atoms with van der Waals surface area (Å²) in [5.41, 5.74) is 3.85. The minimum absolute atomic E-state index is 0.138. The molecule has 1 amide bonds. The Kier molecular flexibility index (Phi) is 7.53. The van der Waals surface area contributed by atoms with E-state index in [9.17, 15) is 4.79 Å².